The van der Waals surface area contributed by atoms with Crippen molar-refractivity contribution in [1.29, 1.82) is 5.26 Å². The van der Waals surface area contributed by atoms with E-state index >= 15 is 0 Å². The highest BCUT2D eigenvalue weighted by Gasteiger charge is 2.20. The van der Waals surface area contributed by atoms with Crippen molar-refractivity contribution in [1.82, 2.24) is 4.72 Å². The van der Waals surface area contributed by atoms with Gasteiger partial charge in [0, 0.05) is 12.6 Å². The van der Waals surface area contributed by atoms with E-state index in [1.54, 1.807) is 6.07 Å². The fraction of sp³-hybridized carbons (Fsp3) is 0.364. The van der Waals surface area contributed by atoms with E-state index in [1.807, 2.05) is 6.07 Å². The van der Waals surface area contributed by atoms with Crippen molar-refractivity contribution in [2.45, 2.75) is 24.0 Å². The first-order valence-electron chi connectivity index (χ1n) is 5.31. The molecule has 0 saturated carbocycles. The van der Waals surface area contributed by atoms with E-state index in [4.69, 9.17) is 11.0 Å². The number of hydrogen-bond acceptors (Lipinski definition) is 5. The largest absolute Gasteiger partial charge is 0.392 e. The Morgan fingerprint density at radius 1 is 1.50 bits per heavy atom. The number of sulfonamides is 1. The van der Waals surface area contributed by atoms with Gasteiger partial charge in [-0.2, -0.15) is 5.26 Å². The van der Waals surface area contributed by atoms with Gasteiger partial charge in [0.2, 0.25) is 10.0 Å². The molecule has 0 aliphatic heterocycles. The second kappa shape index (κ2) is 5.93. The third kappa shape index (κ3) is 3.51. The van der Waals surface area contributed by atoms with Crippen LogP contribution in [0.5, 0.6) is 0 Å². The van der Waals surface area contributed by atoms with Crippen molar-refractivity contribution < 1.29 is 13.5 Å². The van der Waals surface area contributed by atoms with Gasteiger partial charge in [0.1, 0.15) is 6.07 Å². The highest BCUT2D eigenvalue weighted by Crippen LogP contribution is 2.13. The van der Waals surface area contributed by atoms with Crippen LogP contribution in [-0.2, 0) is 10.0 Å². The lowest BCUT2D eigenvalue weighted by Crippen LogP contribution is -2.43. The summed E-state index contributed by atoms with van der Waals surface area (Å²) in [6.45, 7) is 1.38. The van der Waals surface area contributed by atoms with E-state index in [0.717, 1.165) is 0 Å². The average molecular weight is 269 g/mol. The van der Waals surface area contributed by atoms with Gasteiger partial charge in [-0.3, -0.25) is 0 Å². The van der Waals surface area contributed by atoms with Crippen LogP contribution in [0.2, 0.25) is 0 Å². The molecule has 2 atom stereocenters. The van der Waals surface area contributed by atoms with E-state index in [2.05, 4.69) is 4.72 Å². The molecule has 98 valence electrons. The van der Waals surface area contributed by atoms with Crippen LogP contribution in [0.1, 0.15) is 12.5 Å². The van der Waals surface area contributed by atoms with Crippen molar-refractivity contribution in [3.8, 4) is 6.07 Å². The minimum absolute atomic E-state index is 0.0654. The first-order chi connectivity index (χ1) is 8.38. The monoisotopic (exact) mass is 269 g/mol. The summed E-state index contributed by atoms with van der Waals surface area (Å²) < 4.78 is 26.1. The van der Waals surface area contributed by atoms with Gasteiger partial charge in [0.15, 0.2) is 0 Å². The van der Waals surface area contributed by atoms with Gasteiger partial charge in [-0.25, -0.2) is 13.1 Å². The molecule has 2 unspecified atom stereocenters. The van der Waals surface area contributed by atoms with Crippen LogP contribution in [0, 0.1) is 11.3 Å². The molecule has 0 aliphatic carbocycles. The van der Waals surface area contributed by atoms with E-state index < -0.39 is 22.2 Å². The lowest BCUT2D eigenvalue weighted by Gasteiger charge is -2.15. The first-order valence-corrected chi connectivity index (χ1v) is 6.79. The Labute approximate surface area is 106 Å². The molecule has 0 spiro atoms. The zero-order valence-electron chi connectivity index (χ0n) is 9.87. The number of nitrogens with two attached hydrogens (primary N) is 1. The molecule has 0 aromatic heterocycles. The maximum absolute atomic E-state index is 11.9. The molecule has 0 fully saturated rings. The number of nitriles is 1. The number of nitrogens with one attached hydrogen (secondary N) is 1. The maximum atomic E-state index is 11.9. The quantitative estimate of drug-likeness (QED) is 0.669. The molecule has 0 bridgehead atoms. The molecule has 0 radical (unpaired) electrons. The molecule has 1 rings (SSSR count). The summed E-state index contributed by atoms with van der Waals surface area (Å²) in [6.07, 6.45) is -0.820. The molecule has 0 aliphatic rings. The zero-order chi connectivity index (χ0) is 13.8. The second-order valence-corrected chi connectivity index (χ2v) is 5.60. The van der Waals surface area contributed by atoms with Gasteiger partial charge < -0.3 is 10.8 Å². The van der Waals surface area contributed by atoms with Crippen molar-refractivity contribution >= 4 is 10.0 Å². The average Bonchev–Trinajstić information content (AvgIpc) is 2.35. The van der Waals surface area contributed by atoms with Gasteiger partial charge in [-0.1, -0.05) is 12.1 Å². The van der Waals surface area contributed by atoms with Gasteiger partial charge in [0.05, 0.1) is 16.6 Å². The number of nitrogens with zero attached hydrogens (tertiary/aromatic N) is 1. The fourth-order valence-electron chi connectivity index (χ4n) is 1.25. The van der Waals surface area contributed by atoms with Crippen molar-refractivity contribution in [3.05, 3.63) is 29.8 Å². The van der Waals surface area contributed by atoms with Crippen LogP contribution < -0.4 is 10.5 Å². The summed E-state index contributed by atoms with van der Waals surface area (Å²) in [5, 5.41) is 18.0. The number of hydrogen-bond donors (Lipinski definition) is 3. The predicted octanol–water partition coefficient (Wildman–Crippen LogP) is -0.455. The highest BCUT2D eigenvalue weighted by atomic mass is 32.2. The smallest absolute Gasteiger partial charge is 0.241 e. The number of aliphatic hydroxyl groups excluding tert-OH is 1. The van der Waals surface area contributed by atoms with Gasteiger partial charge in [-0.15, -0.1) is 0 Å². The van der Waals surface area contributed by atoms with Gasteiger partial charge in [-0.05, 0) is 19.1 Å². The Balaban J connectivity index is 2.91. The molecule has 6 nitrogen and oxygen atoms in total. The highest BCUT2D eigenvalue weighted by molar-refractivity contribution is 7.89. The molecule has 1 aromatic carbocycles. The summed E-state index contributed by atoms with van der Waals surface area (Å²) in [5.74, 6) is 0. The maximum Gasteiger partial charge on any atom is 0.241 e. The topological polar surface area (TPSA) is 116 Å². The Kier molecular flexibility index (Phi) is 4.81. The summed E-state index contributed by atoms with van der Waals surface area (Å²) in [5.41, 5.74) is 5.60. The zero-order valence-corrected chi connectivity index (χ0v) is 10.7. The fourth-order valence-corrected chi connectivity index (χ4v) is 2.48. The van der Waals surface area contributed by atoms with E-state index in [-0.39, 0.29) is 17.0 Å². The molecule has 4 N–H and O–H groups in total. The Morgan fingerprint density at radius 2 is 2.11 bits per heavy atom. The van der Waals surface area contributed by atoms with E-state index in [0.29, 0.717) is 0 Å². The standard InChI is InChI=1S/C11H15N3O3S/c1-8(15)10(13)7-14-18(16,17)11-5-3-2-4-9(11)6-12/h2-5,8,10,14-15H,7,13H2,1H3. The van der Waals surface area contributed by atoms with Crippen LogP contribution in [0.4, 0.5) is 0 Å². The molecule has 18 heavy (non-hydrogen) atoms. The molecular formula is C11H15N3O3S. The molecule has 0 saturated heterocycles. The number of benzene rings is 1. The van der Waals surface area contributed by atoms with Crippen LogP contribution in [0.25, 0.3) is 0 Å². The SMILES string of the molecule is CC(O)C(N)CNS(=O)(=O)c1ccccc1C#N. The Morgan fingerprint density at radius 3 is 2.67 bits per heavy atom. The first kappa shape index (κ1) is 14.6. The molecule has 1 aromatic rings. The van der Waals surface area contributed by atoms with Crippen LogP contribution in [0.3, 0.4) is 0 Å². The Hall–Kier alpha value is -1.46. The normalized spacial score (nSPS) is 14.8. The predicted molar refractivity (Wildman–Crippen MR) is 66.0 cm³/mol. The van der Waals surface area contributed by atoms with Gasteiger partial charge >= 0.3 is 0 Å². The number of rotatable bonds is 5. The van der Waals surface area contributed by atoms with Crippen molar-refractivity contribution in [2.75, 3.05) is 6.54 Å². The van der Waals surface area contributed by atoms with Crippen LogP contribution in [-0.4, -0.2) is 32.2 Å². The third-order valence-electron chi connectivity index (χ3n) is 2.43. The molecular weight excluding hydrogens is 254 g/mol. The summed E-state index contributed by atoms with van der Waals surface area (Å²) in [6, 6.07) is 6.99. The minimum atomic E-state index is -3.80. The van der Waals surface area contributed by atoms with Gasteiger partial charge in [0.25, 0.3) is 0 Å². The lowest BCUT2D eigenvalue weighted by atomic mass is 10.2. The summed E-state index contributed by atoms with van der Waals surface area (Å²) >= 11 is 0. The molecule has 7 heteroatoms. The van der Waals surface area contributed by atoms with Crippen LogP contribution in [0.15, 0.2) is 29.2 Å². The van der Waals surface area contributed by atoms with Crippen LogP contribution >= 0.6 is 0 Å². The molecule has 0 amide bonds. The second-order valence-electron chi connectivity index (χ2n) is 3.86. The Bertz CT molecular complexity index is 549. The number of aliphatic hydroxyl groups is 1. The minimum Gasteiger partial charge on any atom is -0.392 e. The summed E-state index contributed by atoms with van der Waals surface area (Å²) in [4.78, 5) is -0.0923. The third-order valence-corrected chi connectivity index (χ3v) is 3.91. The lowest BCUT2D eigenvalue weighted by molar-refractivity contribution is 0.164. The van der Waals surface area contributed by atoms with Crippen molar-refractivity contribution in [2.24, 2.45) is 5.73 Å². The summed E-state index contributed by atoms with van der Waals surface area (Å²) in [7, 11) is -3.80. The van der Waals surface area contributed by atoms with Crippen molar-refractivity contribution in [3.63, 3.8) is 0 Å². The molecule has 0 heterocycles. The van der Waals surface area contributed by atoms with E-state index in [1.165, 1.54) is 25.1 Å². The van der Waals surface area contributed by atoms with E-state index in [9.17, 15) is 13.5 Å².